The molecule has 0 radical (unpaired) electrons. The van der Waals surface area contributed by atoms with Crippen molar-refractivity contribution in [3.05, 3.63) is 29.6 Å². The van der Waals surface area contributed by atoms with Crippen LogP contribution in [0.2, 0.25) is 0 Å². The first-order valence-corrected chi connectivity index (χ1v) is 12.7. The molecule has 1 aromatic carbocycles. The lowest BCUT2D eigenvalue weighted by molar-refractivity contribution is -0.164. The van der Waals surface area contributed by atoms with Gasteiger partial charge in [0.15, 0.2) is 11.6 Å². The van der Waals surface area contributed by atoms with Gasteiger partial charge in [-0.05, 0) is 87.3 Å². The molecule has 2 unspecified atom stereocenters. The number of carbonyl (C=O) groups is 1. The zero-order valence-electron chi connectivity index (χ0n) is 19.5. The summed E-state index contributed by atoms with van der Waals surface area (Å²) in [4.78, 5) is 12.6. The van der Waals surface area contributed by atoms with E-state index in [2.05, 4.69) is 6.92 Å². The molecule has 4 heteroatoms. The van der Waals surface area contributed by atoms with Gasteiger partial charge in [-0.25, -0.2) is 4.39 Å². The highest BCUT2D eigenvalue weighted by Gasteiger charge is 2.37. The van der Waals surface area contributed by atoms with Gasteiger partial charge < -0.3 is 9.47 Å². The molecule has 174 valence electrons. The lowest BCUT2D eigenvalue weighted by Crippen LogP contribution is -2.36. The van der Waals surface area contributed by atoms with Crippen LogP contribution in [0.5, 0.6) is 5.75 Å². The second-order valence-corrected chi connectivity index (χ2v) is 9.67. The number of halogens is 1. The number of cyclic esters (lactones) is 1. The number of unbranched alkanes of at least 4 members (excludes halogenated alkanes) is 2. The molecule has 3 rings (SSSR count). The standard InChI is InChI=1S/C27H41FO3/c1-3-5-6-7-23-15-16-24(27(29)31-23)22-13-10-20(11-14-22)8-9-21-12-17-26(25(28)19-21)30-18-4-2/h12,17,19-20,22-24H,3-11,13-16,18H2,1-2H3. The molecule has 1 saturated carbocycles. The molecular weight excluding hydrogens is 391 g/mol. The van der Waals surface area contributed by atoms with Crippen molar-refractivity contribution in [1.82, 2.24) is 0 Å². The van der Waals surface area contributed by atoms with Gasteiger partial charge in [-0.15, -0.1) is 0 Å². The molecule has 1 aliphatic heterocycles. The van der Waals surface area contributed by atoms with E-state index in [1.165, 1.54) is 32.1 Å². The molecule has 0 aromatic heterocycles. The number of hydrogen-bond acceptors (Lipinski definition) is 3. The molecule has 2 atom stereocenters. The van der Waals surface area contributed by atoms with Crippen LogP contribution in [0.4, 0.5) is 4.39 Å². The summed E-state index contributed by atoms with van der Waals surface area (Å²) in [5.41, 5.74) is 1.05. The number of benzene rings is 1. The molecular formula is C27H41FO3. The topological polar surface area (TPSA) is 35.5 Å². The third-order valence-electron chi connectivity index (χ3n) is 7.27. The van der Waals surface area contributed by atoms with Gasteiger partial charge in [-0.3, -0.25) is 4.79 Å². The summed E-state index contributed by atoms with van der Waals surface area (Å²) in [7, 11) is 0. The Morgan fingerprint density at radius 3 is 2.48 bits per heavy atom. The van der Waals surface area contributed by atoms with Gasteiger partial charge in [-0.1, -0.05) is 45.6 Å². The van der Waals surface area contributed by atoms with Crippen LogP contribution in [0.15, 0.2) is 18.2 Å². The Labute approximate surface area is 188 Å². The van der Waals surface area contributed by atoms with E-state index in [4.69, 9.17) is 9.47 Å². The molecule has 3 nitrogen and oxygen atoms in total. The SMILES string of the molecule is CCCCCC1CCC(C2CCC(CCc3ccc(OCCC)c(F)c3)CC2)C(=O)O1. The number of esters is 1. The van der Waals surface area contributed by atoms with Gasteiger partial charge in [0.2, 0.25) is 0 Å². The fourth-order valence-electron chi connectivity index (χ4n) is 5.33. The number of hydrogen-bond donors (Lipinski definition) is 0. The van der Waals surface area contributed by atoms with Gasteiger partial charge in [0, 0.05) is 0 Å². The molecule has 1 heterocycles. The van der Waals surface area contributed by atoms with E-state index in [1.807, 2.05) is 13.0 Å². The fraction of sp³-hybridized carbons (Fsp3) is 0.741. The summed E-state index contributed by atoms with van der Waals surface area (Å²) in [5, 5.41) is 0. The summed E-state index contributed by atoms with van der Waals surface area (Å²) in [6.07, 6.45) is 14.3. The Balaban J connectivity index is 1.38. The minimum absolute atomic E-state index is 0.0667. The normalized spacial score (nSPS) is 26.5. The molecule has 1 aliphatic carbocycles. The summed E-state index contributed by atoms with van der Waals surface area (Å²) >= 11 is 0. The Morgan fingerprint density at radius 2 is 1.81 bits per heavy atom. The zero-order chi connectivity index (χ0) is 22.1. The molecule has 0 bridgehead atoms. The van der Waals surface area contributed by atoms with Crippen LogP contribution >= 0.6 is 0 Å². The van der Waals surface area contributed by atoms with Crippen molar-refractivity contribution >= 4 is 5.97 Å². The lowest BCUT2D eigenvalue weighted by atomic mass is 9.72. The third-order valence-corrected chi connectivity index (χ3v) is 7.27. The molecule has 0 spiro atoms. The van der Waals surface area contributed by atoms with Crippen LogP contribution < -0.4 is 4.74 Å². The van der Waals surface area contributed by atoms with Crippen molar-refractivity contribution in [2.75, 3.05) is 6.61 Å². The second-order valence-electron chi connectivity index (χ2n) is 9.67. The van der Waals surface area contributed by atoms with Crippen LogP contribution in [0.1, 0.15) is 96.5 Å². The Morgan fingerprint density at radius 1 is 1.00 bits per heavy atom. The van der Waals surface area contributed by atoms with Crippen LogP contribution in [-0.2, 0) is 16.0 Å². The minimum atomic E-state index is -0.251. The molecule has 31 heavy (non-hydrogen) atoms. The van der Waals surface area contributed by atoms with E-state index >= 15 is 0 Å². The van der Waals surface area contributed by atoms with E-state index in [1.54, 1.807) is 12.1 Å². The van der Waals surface area contributed by atoms with Crippen molar-refractivity contribution in [2.45, 2.75) is 103 Å². The van der Waals surface area contributed by atoms with Crippen LogP contribution in [-0.4, -0.2) is 18.7 Å². The minimum Gasteiger partial charge on any atom is -0.491 e. The highest BCUT2D eigenvalue weighted by Crippen LogP contribution is 2.40. The largest absolute Gasteiger partial charge is 0.491 e. The molecule has 2 fully saturated rings. The van der Waals surface area contributed by atoms with Gasteiger partial charge in [0.25, 0.3) is 0 Å². The Bertz CT molecular complexity index is 681. The average molecular weight is 433 g/mol. The highest BCUT2D eigenvalue weighted by molar-refractivity contribution is 5.73. The van der Waals surface area contributed by atoms with Crippen LogP contribution in [0, 0.1) is 23.6 Å². The third kappa shape index (κ3) is 7.22. The van der Waals surface area contributed by atoms with E-state index < -0.39 is 0 Å². The van der Waals surface area contributed by atoms with E-state index in [9.17, 15) is 9.18 Å². The fourth-order valence-corrected chi connectivity index (χ4v) is 5.33. The summed E-state index contributed by atoms with van der Waals surface area (Å²) < 4.78 is 25.4. The first-order valence-electron chi connectivity index (χ1n) is 12.7. The van der Waals surface area contributed by atoms with Crippen molar-refractivity contribution in [3.8, 4) is 5.75 Å². The van der Waals surface area contributed by atoms with E-state index in [-0.39, 0.29) is 23.8 Å². The van der Waals surface area contributed by atoms with Crippen LogP contribution in [0.3, 0.4) is 0 Å². The smallest absolute Gasteiger partial charge is 0.309 e. The molecule has 0 N–H and O–H groups in total. The summed E-state index contributed by atoms with van der Waals surface area (Å²) in [6, 6.07) is 5.39. The number of rotatable bonds is 11. The van der Waals surface area contributed by atoms with Gasteiger partial charge in [-0.2, -0.15) is 0 Å². The molecule has 1 aromatic rings. The number of carbonyl (C=O) groups excluding carboxylic acids is 1. The zero-order valence-corrected chi connectivity index (χ0v) is 19.5. The predicted molar refractivity (Wildman–Crippen MR) is 123 cm³/mol. The van der Waals surface area contributed by atoms with Crippen molar-refractivity contribution in [1.29, 1.82) is 0 Å². The first kappa shape index (κ1) is 24.1. The van der Waals surface area contributed by atoms with Gasteiger partial charge in [0.05, 0.1) is 12.5 Å². The van der Waals surface area contributed by atoms with Gasteiger partial charge >= 0.3 is 5.97 Å². The van der Waals surface area contributed by atoms with Crippen molar-refractivity contribution in [3.63, 3.8) is 0 Å². The van der Waals surface area contributed by atoms with Crippen molar-refractivity contribution < 1.29 is 18.7 Å². The van der Waals surface area contributed by atoms with Crippen molar-refractivity contribution in [2.24, 2.45) is 17.8 Å². The average Bonchev–Trinajstić information content (AvgIpc) is 2.78. The quantitative estimate of drug-likeness (QED) is 0.273. The Kier molecular flexibility index (Phi) is 9.67. The summed E-state index contributed by atoms with van der Waals surface area (Å²) in [6.45, 7) is 4.77. The maximum absolute atomic E-state index is 14.2. The highest BCUT2D eigenvalue weighted by atomic mass is 19.1. The van der Waals surface area contributed by atoms with Gasteiger partial charge in [0.1, 0.15) is 6.10 Å². The van der Waals surface area contributed by atoms with Crippen LogP contribution in [0.25, 0.3) is 0 Å². The molecule has 0 amide bonds. The maximum atomic E-state index is 14.2. The maximum Gasteiger partial charge on any atom is 0.309 e. The lowest BCUT2D eigenvalue weighted by Gasteiger charge is -2.36. The monoisotopic (exact) mass is 432 g/mol. The van der Waals surface area contributed by atoms with E-state index in [0.717, 1.165) is 56.9 Å². The molecule has 1 saturated heterocycles. The van der Waals surface area contributed by atoms with E-state index in [0.29, 0.717) is 24.2 Å². The Hall–Kier alpha value is -1.58. The number of aryl methyl sites for hydroxylation is 1. The first-order chi connectivity index (χ1) is 15.1. The number of ether oxygens (including phenoxy) is 2. The predicted octanol–water partition coefficient (Wildman–Crippen LogP) is 7.26. The summed E-state index contributed by atoms with van der Waals surface area (Å²) in [5.74, 6) is 1.46. The second kappa shape index (κ2) is 12.5. The molecule has 2 aliphatic rings.